The smallest absolute Gasteiger partial charge is 0.278 e. The molecule has 0 aliphatic carbocycles. The molecule has 2 heterocycles. The number of hydrogen-bond acceptors (Lipinski definition) is 5. The summed E-state index contributed by atoms with van der Waals surface area (Å²) in [6, 6.07) is 9.25. The molecule has 0 radical (unpaired) electrons. The van der Waals surface area contributed by atoms with Crippen molar-refractivity contribution >= 4 is 28.7 Å². The van der Waals surface area contributed by atoms with Gasteiger partial charge in [-0.1, -0.05) is 23.9 Å². The van der Waals surface area contributed by atoms with Crippen LogP contribution >= 0.6 is 11.8 Å². The van der Waals surface area contributed by atoms with Crippen molar-refractivity contribution in [1.29, 1.82) is 0 Å². The van der Waals surface area contributed by atoms with Crippen LogP contribution < -0.4 is 15.6 Å². The van der Waals surface area contributed by atoms with Crippen LogP contribution in [0.15, 0.2) is 40.3 Å². The lowest BCUT2D eigenvalue weighted by molar-refractivity contribution is -0.119. The summed E-state index contributed by atoms with van der Waals surface area (Å²) in [5.41, 5.74) is 2.78. The second kappa shape index (κ2) is 7.87. The highest BCUT2D eigenvalue weighted by molar-refractivity contribution is 7.99. The van der Waals surface area contributed by atoms with E-state index in [1.807, 2.05) is 44.2 Å². The van der Waals surface area contributed by atoms with Crippen LogP contribution in [-0.4, -0.2) is 33.3 Å². The van der Waals surface area contributed by atoms with E-state index in [2.05, 4.69) is 15.3 Å². The Labute approximate surface area is 161 Å². The van der Waals surface area contributed by atoms with Crippen molar-refractivity contribution in [3.8, 4) is 5.75 Å². The van der Waals surface area contributed by atoms with Crippen molar-refractivity contribution in [3.05, 3.63) is 51.9 Å². The number of fused-ring (bicyclic) bond motifs is 1. The standard InChI is InChI=1S/C19H22N4O3S/c1-11-8-15-17(20-11)18(25)23(3)19(22-15)27-10-16(24)21-12(2)13-6-5-7-14(9-13)26-4/h5-9,12,20H,10H2,1-4H3,(H,21,24)/t12-/m1/s1. The summed E-state index contributed by atoms with van der Waals surface area (Å²) in [5, 5.41) is 3.47. The molecule has 7 nitrogen and oxygen atoms in total. The number of aromatic amines is 1. The number of carbonyl (C=O) groups excluding carboxylic acids is 1. The highest BCUT2D eigenvalue weighted by atomic mass is 32.2. The van der Waals surface area contributed by atoms with Gasteiger partial charge in [-0.15, -0.1) is 0 Å². The molecule has 0 fully saturated rings. The number of amides is 1. The number of aromatic nitrogens is 3. The predicted octanol–water partition coefficient (Wildman–Crippen LogP) is 2.55. The normalized spacial score (nSPS) is 12.1. The number of ether oxygens (including phenoxy) is 1. The zero-order valence-electron chi connectivity index (χ0n) is 15.7. The molecule has 0 saturated heterocycles. The first-order valence-corrected chi connectivity index (χ1v) is 9.50. The number of H-pyrrole nitrogens is 1. The third-order valence-electron chi connectivity index (χ3n) is 4.26. The average Bonchev–Trinajstić information content (AvgIpc) is 3.04. The Hall–Kier alpha value is -2.74. The van der Waals surface area contributed by atoms with E-state index in [0.29, 0.717) is 16.2 Å². The van der Waals surface area contributed by atoms with Crippen LogP contribution in [0.5, 0.6) is 5.75 Å². The maximum Gasteiger partial charge on any atom is 0.278 e. The SMILES string of the molecule is COc1cccc([C@@H](C)NC(=O)CSc2nc3cc(C)[nH]c3c(=O)n2C)c1. The summed E-state index contributed by atoms with van der Waals surface area (Å²) in [5.74, 6) is 0.788. The number of benzene rings is 1. The highest BCUT2D eigenvalue weighted by Gasteiger charge is 2.14. The molecule has 2 N–H and O–H groups in total. The van der Waals surface area contributed by atoms with E-state index in [9.17, 15) is 9.59 Å². The lowest BCUT2D eigenvalue weighted by Gasteiger charge is -2.15. The van der Waals surface area contributed by atoms with Gasteiger partial charge in [0.25, 0.3) is 5.56 Å². The zero-order chi connectivity index (χ0) is 19.6. The van der Waals surface area contributed by atoms with Crippen LogP contribution in [0.4, 0.5) is 0 Å². The molecule has 2 aromatic heterocycles. The van der Waals surface area contributed by atoms with Gasteiger partial charge in [0.2, 0.25) is 5.91 Å². The third kappa shape index (κ3) is 4.16. The van der Waals surface area contributed by atoms with E-state index in [1.54, 1.807) is 14.2 Å². The van der Waals surface area contributed by atoms with Gasteiger partial charge in [-0.3, -0.25) is 14.2 Å². The van der Waals surface area contributed by atoms with Crippen LogP contribution in [0.3, 0.4) is 0 Å². The fourth-order valence-corrected chi connectivity index (χ4v) is 3.58. The van der Waals surface area contributed by atoms with Gasteiger partial charge in [0.1, 0.15) is 11.3 Å². The molecule has 0 spiro atoms. The van der Waals surface area contributed by atoms with Gasteiger partial charge >= 0.3 is 0 Å². The fraction of sp³-hybridized carbons (Fsp3) is 0.316. The van der Waals surface area contributed by atoms with Crippen molar-refractivity contribution in [2.75, 3.05) is 12.9 Å². The molecule has 3 aromatic rings. The van der Waals surface area contributed by atoms with Crippen LogP contribution in [-0.2, 0) is 11.8 Å². The van der Waals surface area contributed by atoms with Gasteiger partial charge in [-0.05, 0) is 37.6 Å². The number of thioether (sulfide) groups is 1. The molecular weight excluding hydrogens is 364 g/mol. The van der Waals surface area contributed by atoms with Gasteiger partial charge in [0.15, 0.2) is 5.16 Å². The van der Waals surface area contributed by atoms with Crippen molar-refractivity contribution in [1.82, 2.24) is 19.9 Å². The molecule has 0 unspecified atom stereocenters. The quantitative estimate of drug-likeness (QED) is 0.502. The first-order chi connectivity index (χ1) is 12.9. The van der Waals surface area contributed by atoms with Crippen LogP contribution in [0.25, 0.3) is 11.0 Å². The maximum atomic E-state index is 12.4. The summed E-state index contributed by atoms with van der Waals surface area (Å²) in [6.45, 7) is 3.79. The zero-order valence-corrected chi connectivity index (χ0v) is 16.5. The largest absolute Gasteiger partial charge is 0.497 e. The molecule has 0 bridgehead atoms. The van der Waals surface area contributed by atoms with E-state index in [0.717, 1.165) is 17.0 Å². The number of methoxy groups -OCH3 is 1. The minimum absolute atomic E-state index is 0.130. The predicted molar refractivity (Wildman–Crippen MR) is 106 cm³/mol. The maximum absolute atomic E-state index is 12.4. The van der Waals surface area contributed by atoms with E-state index in [1.165, 1.54) is 16.3 Å². The lowest BCUT2D eigenvalue weighted by Crippen LogP contribution is -2.28. The Morgan fingerprint density at radius 2 is 2.19 bits per heavy atom. The molecule has 27 heavy (non-hydrogen) atoms. The Bertz CT molecular complexity index is 1040. The number of hydrogen-bond donors (Lipinski definition) is 2. The van der Waals surface area contributed by atoms with Gasteiger partial charge in [0.05, 0.1) is 24.4 Å². The Kier molecular flexibility index (Phi) is 5.55. The van der Waals surface area contributed by atoms with Gasteiger partial charge < -0.3 is 15.0 Å². The second-order valence-electron chi connectivity index (χ2n) is 6.33. The molecule has 0 saturated carbocycles. The summed E-state index contributed by atoms with van der Waals surface area (Å²) in [7, 11) is 3.27. The van der Waals surface area contributed by atoms with Crippen molar-refractivity contribution in [2.45, 2.75) is 25.0 Å². The first kappa shape index (κ1) is 19.0. The van der Waals surface area contributed by atoms with Gasteiger partial charge in [-0.25, -0.2) is 4.98 Å². The van der Waals surface area contributed by atoms with E-state index < -0.39 is 0 Å². The monoisotopic (exact) mass is 386 g/mol. The topological polar surface area (TPSA) is 89.0 Å². The molecule has 1 amide bonds. The van der Waals surface area contributed by atoms with E-state index in [4.69, 9.17) is 4.74 Å². The lowest BCUT2D eigenvalue weighted by atomic mass is 10.1. The number of aryl methyl sites for hydroxylation is 1. The molecule has 1 atom stereocenters. The molecule has 3 rings (SSSR count). The van der Waals surface area contributed by atoms with Crippen LogP contribution in [0.1, 0.15) is 24.2 Å². The van der Waals surface area contributed by atoms with Crippen molar-refractivity contribution < 1.29 is 9.53 Å². The minimum atomic E-state index is -0.153. The Balaban J connectivity index is 1.67. The molecule has 0 aliphatic rings. The first-order valence-electron chi connectivity index (χ1n) is 8.51. The summed E-state index contributed by atoms with van der Waals surface area (Å²) in [6.07, 6.45) is 0. The number of nitrogens with zero attached hydrogens (tertiary/aromatic N) is 2. The van der Waals surface area contributed by atoms with Crippen LogP contribution in [0, 0.1) is 6.92 Å². The molecule has 142 valence electrons. The summed E-state index contributed by atoms with van der Waals surface area (Å²) >= 11 is 1.24. The van der Waals surface area contributed by atoms with Crippen molar-refractivity contribution in [3.63, 3.8) is 0 Å². The Morgan fingerprint density at radius 1 is 1.41 bits per heavy atom. The van der Waals surface area contributed by atoms with E-state index >= 15 is 0 Å². The van der Waals surface area contributed by atoms with Crippen LogP contribution in [0.2, 0.25) is 0 Å². The number of rotatable bonds is 6. The minimum Gasteiger partial charge on any atom is -0.497 e. The van der Waals surface area contributed by atoms with Crippen molar-refractivity contribution in [2.24, 2.45) is 7.05 Å². The fourth-order valence-electron chi connectivity index (χ4n) is 2.79. The van der Waals surface area contributed by atoms with Gasteiger partial charge in [0, 0.05) is 12.7 Å². The molecule has 8 heteroatoms. The number of nitrogens with one attached hydrogen (secondary N) is 2. The second-order valence-corrected chi connectivity index (χ2v) is 7.27. The van der Waals surface area contributed by atoms with Gasteiger partial charge in [-0.2, -0.15) is 0 Å². The summed E-state index contributed by atoms with van der Waals surface area (Å²) < 4.78 is 6.68. The molecular formula is C19H22N4O3S. The number of carbonyl (C=O) groups is 1. The highest BCUT2D eigenvalue weighted by Crippen LogP contribution is 2.20. The van der Waals surface area contributed by atoms with E-state index in [-0.39, 0.29) is 23.3 Å². The molecule has 0 aliphatic heterocycles. The average molecular weight is 386 g/mol. The molecule has 1 aromatic carbocycles. The summed E-state index contributed by atoms with van der Waals surface area (Å²) in [4.78, 5) is 32.2. The Morgan fingerprint density at radius 3 is 2.93 bits per heavy atom. The third-order valence-corrected chi connectivity index (χ3v) is 5.29.